The van der Waals surface area contributed by atoms with E-state index in [9.17, 15) is 0 Å². The fraction of sp³-hybridized carbons (Fsp3) is 0.727. The number of aliphatic imine (C=N–C) groups is 1. The lowest BCUT2D eigenvalue weighted by molar-refractivity contribution is 0.0308. The van der Waals surface area contributed by atoms with Crippen molar-refractivity contribution < 1.29 is 9.26 Å². The Morgan fingerprint density at radius 3 is 2.89 bits per heavy atom. The van der Waals surface area contributed by atoms with Crippen molar-refractivity contribution in [1.82, 2.24) is 15.0 Å². The van der Waals surface area contributed by atoms with E-state index in [1.165, 1.54) is 0 Å². The van der Waals surface area contributed by atoms with Crippen LogP contribution in [-0.2, 0) is 4.74 Å². The van der Waals surface area contributed by atoms with Gasteiger partial charge in [0.15, 0.2) is 11.8 Å². The van der Waals surface area contributed by atoms with Gasteiger partial charge < -0.3 is 19.9 Å². The van der Waals surface area contributed by atoms with E-state index < -0.39 is 0 Å². The Balaban J connectivity index is 1.87. The second kappa shape index (κ2) is 5.34. The van der Waals surface area contributed by atoms with Gasteiger partial charge >= 0.3 is 0 Å². The number of hydrogen-bond acceptors (Lipinski definition) is 5. The number of aromatic nitrogens is 2. The van der Waals surface area contributed by atoms with Crippen LogP contribution in [0.15, 0.2) is 9.52 Å². The number of guanidine groups is 1. The van der Waals surface area contributed by atoms with E-state index in [2.05, 4.69) is 15.1 Å². The molecule has 2 heterocycles. The first-order chi connectivity index (χ1) is 8.56. The van der Waals surface area contributed by atoms with Gasteiger partial charge in [0, 0.05) is 14.1 Å². The van der Waals surface area contributed by atoms with Gasteiger partial charge in [-0.15, -0.1) is 0 Å². The second-order valence-corrected chi connectivity index (χ2v) is 4.60. The molecule has 0 saturated carbocycles. The third kappa shape index (κ3) is 2.98. The SMILES string of the molecule is Cc1noc([C@@H]2CC[C@H](CN=C(N)N(C)C)O2)n1. The zero-order valence-corrected chi connectivity index (χ0v) is 11.0. The smallest absolute Gasteiger partial charge is 0.255 e. The molecule has 0 amide bonds. The highest BCUT2D eigenvalue weighted by Gasteiger charge is 2.30. The summed E-state index contributed by atoms with van der Waals surface area (Å²) in [5.74, 6) is 1.70. The molecular formula is C11H19N5O2. The van der Waals surface area contributed by atoms with E-state index in [0.29, 0.717) is 24.2 Å². The molecule has 18 heavy (non-hydrogen) atoms. The van der Waals surface area contributed by atoms with Crippen LogP contribution in [0, 0.1) is 6.92 Å². The maximum absolute atomic E-state index is 5.81. The van der Waals surface area contributed by atoms with Crippen LogP contribution in [0.5, 0.6) is 0 Å². The average molecular weight is 253 g/mol. The Kier molecular flexibility index (Phi) is 3.81. The van der Waals surface area contributed by atoms with Crippen LogP contribution >= 0.6 is 0 Å². The summed E-state index contributed by atoms with van der Waals surface area (Å²) in [4.78, 5) is 10.2. The molecule has 1 aromatic rings. The average Bonchev–Trinajstić information content (AvgIpc) is 2.94. The molecule has 0 aromatic carbocycles. The lowest BCUT2D eigenvalue weighted by atomic mass is 10.2. The maximum Gasteiger partial charge on any atom is 0.255 e. The minimum absolute atomic E-state index is 0.0701. The number of ether oxygens (including phenoxy) is 1. The molecule has 0 aliphatic carbocycles. The summed E-state index contributed by atoms with van der Waals surface area (Å²) >= 11 is 0. The first-order valence-corrected chi connectivity index (χ1v) is 5.99. The first-order valence-electron chi connectivity index (χ1n) is 5.99. The minimum Gasteiger partial charge on any atom is -0.370 e. The number of aryl methyl sites for hydroxylation is 1. The van der Waals surface area contributed by atoms with Crippen molar-refractivity contribution in [1.29, 1.82) is 0 Å². The summed E-state index contributed by atoms with van der Waals surface area (Å²) in [6.07, 6.45) is 1.77. The number of nitrogens with two attached hydrogens (primary N) is 1. The number of rotatable bonds is 3. The largest absolute Gasteiger partial charge is 0.370 e. The molecule has 7 nitrogen and oxygen atoms in total. The van der Waals surface area contributed by atoms with Crippen molar-refractivity contribution in [3.05, 3.63) is 11.7 Å². The van der Waals surface area contributed by atoms with E-state index in [0.717, 1.165) is 12.8 Å². The molecule has 100 valence electrons. The van der Waals surface area contributed by atoms with Crippen molar-refractivity contribution >= 4 is 5.96 Å². The van der Waals surface area contributed by atoms with E-state index in [-0.39, 0.29) is 12.2 Å². The Hall–Kier alpha value is -1.63. The van der Waals surface area contributed by atoms with Crippen LogP contribution in [0.25, 0.3) is 0 Å². The van der Waals surface area contributed by atoms with Gasteiger partial charge in [-0.3, -0.25) is 4.99 Å². The molecule has 1 fully saturated rings. The highest BCUT2D eigenvalue weighted by molar-refractivity contribution is 5.77. The van der Waals surface area contributed by atoms with Gasteiger partial charge in [0.25, 0.3) is 5.89 Å². The summed E-state index contributed by atoms with van der Waals surface area (Å²) in [5.41, 5.74) is 5.72. The molecule has 0 bridgehead atoms. The quantitative estimate of drug-likeness (QED) is 0.622. The van der Waals surface area contributed by atoms with E-state index >= 15 is 0 Å². The summed E-state index contributed by atoms with van der Waals surface area (Å²) in [7, 11) is 3.72. The van der Waals surface area contributed by atoms with Crippen molar-refractivity contribution in [3.8, 4) is 0 Å². The van der Waals surface area contributed by atoms with Crippen LogP contribution in [-0.4, -0.2) is 47.7 Å². The molecule has 2 N–H and O–H groups in total. The number of nitrogens with zero attached hydrogens (tertiary/aromatic N) is 4. The summed E-state index contributed by atoms with van der Waals surface area (Å²) in [5, 5.41) is 3.76. The molecule has 7 heteroatoms. The monoisotopic (exact) mass is 253 g/mol. The molecule has 1 aliphatic heterocycles. The van der Waals surface area contributed by atoms with E-state index in [1.807, 2.05) is 14.1 Å². The fourth-order valence-corrected chi connectivity index (χ4v) is 1.80. The molecule has 2 atom stereocenters. The Morgan fingerprint density at radius 2 is 2.28 bits per heavy atom. The van der Waals surface area contributed by atoms with Gasteiger partial charge in [0.1, 0.15) is 6.10 Å². The second-order valence-electron chi connectivity index (χ2n) is 4.60. The Labute approximate surface area is 106 Å². The highest BCUT2D eigenvalue weighted by atomic mass is 16.5. The topological polar surface area (TPSA) is 89.8 Å². The van der Waals surface area contributed by atoms with Crippen LogP contribution in [0.4, 0.5) is 0 Å². The first kappa shape index (κ1) is 12.8. The van der Waals surface area contributed by atoms with Crippen LogP contribution in [0.2, 0.25) is 0 Å². The third-order valence-electron chi connectivity index (χ3n) is 2.84. The van der Waals surface area contributed by atoms with Gasteiger partial charge in [-0.2, -0.15) is 4.98 Å². The van der Waals surface area contributed by atoms with Crippen molar-refractivity contribution in [2.45, 2.75) is 32.0 Å². The Morgan fingerprint density at radius 1 is 1.50 bits per heavy atom. The van der Waals surface area contributed by atoms with Gasteiger partial charge in [0.05, 0.1) is 12.6 Å². The van der Waals surface area contributed by atoms with Crippen LogP contribution < -0.4 is 5.73 Å². The summed E-state index contributed by atoms with van der Waals surface area (Å²) in [6.45, 7) is 2.36. The molecule has 0 spiro atoms. The Bertz CT molecular complexity index is 429. The molecule has 0 unspecified atom stereocenters. The third-order valence-corrected chi connectivity index (χ3v) is 2.84. The maximum atomic E-state index is 5.81. The highest BCUT2D eigenvalue weighted by Crippen LogP contribution is 2.31. The van der Waals surface area contributed by atoms with E-state index in [4.69, 9.17) is 15.0 Å². The number of hydrogen-bond donors (Lipinski definition) is 1. The van der Waals surface area contributed by atoms with Gasteiger partial charge in [0.2, 0.25) is 0 Å². The zero-order chi connectivity index (χ0) is 13.1. The molecule has 1 aliphatic rings. The predicted octanol–water partition coefficient (Wildman–Crippen LogP) is 0.474. The van der Waals surface area contributed by atoms with Crippen molar-refractivity contribution in [2.24, 2.45) is 10.7 Å². The zero-order valence-electron chi connectivity index (χ0n) is 11.0. The van der Waals surface area contributed by atoms with Crippen molar-refractivity contribution in [2.75, 3.05) is 20.6 Å². The van der Waals surface area contributed by atoms with Crippen LogP contribution in [0.3, 0.4) is 0 Å². The summed E-state index contributed by atoms with van der Waals surface area (Å²) < 4.78 is 10.9. The van der Waals surface area contributed by atoms with Crippen molar-refractivity contribution in [3.63, 3.8) is 0 Å². The lowest BCUT2D eigenvalue weighted by Gasteiger charge is -2.13. The fourth-order valence-electron chi connectivity index (χ4n) is 1.80. The minimum atomic E-state index is -0.105. The van der Waals surface area contributed by atoms with Gasteiger partial charge in [-0.25, -0.2) is 0 Å². The van der Waals surface area contributed by atoms with Gasteiger partial charge in [-0.1, -0.05) is 5.16 Å². The molecule has 1 aromatic heterocycles. The molecule has 2 rings (SSSR count). The van der Waals surface area contributed by atoms with Gasteiger partial charge in [-0.05, 0) is 19.8 Å². The normalized spacial score (nSPS) is 24.5. The van der Waals surface area contributed by atoms with Crippen LogP contribution in [0.1, 0.15) is 30.7 Å². The molecule has 0 radical (unpaired) electrons. The predicted molar refractivity (Wildman–Crippen MR) is 66.1 cm³/mol. The summed E-state index contributed by atoms with van der Waals surface area (Å²) in [6, 6.07) is 0. The molecule has 1 saturated heterocycles. The lowest BCUT2D eigenvalue weighted by Crippen LogP contribution is -2.31. The van der Waals surface area contributed by atoms with E-state index in [1.54, 1.807) is 11.8 Å². The standard InChI is InChI=1S/C11H19N5O2/c1-7-14-10(18-15-7)9-5-4-8(17-9)6-13-11(12)16(2)3/h8-9H,4-6H2,1-3H3,(H2,12,13)/t8-,9+/m1/s1. The molecular weight excluding hydrogens is 234 g/mol.